The second-order valence-corrected chi connectivity index (χ2v) is 6.00. The van der Waals surface area contributed by atoms with E-state index in [2.05, 4.69) is 0 Å². The molecule has 1 aromatic carbocycles. The largest absolute Gasteiger partial charge is 0.388 e. The van der Waals surface area contributed by atoms with E-state index in [9.17, 15) is 9.50 Å². The van der Waals surface area contributed by atoms with Crippen molar-refractivity contribution in [2.45, 2.75) is 43.5 Å². The number of rotatable bonds is 4. The number of aliphatic hydroxyl groups excluding tert-OH is 1. The topological polar surface area (TPSA) is 20.2 Å². The number of benzene rings is 1. The molecule has 1 aliphatic carbocycles. The van der Waals surface area contributed by atoms with Crippen molar-refractivity contribution in [1.82, 2.24) is 0 Å². The highest BCUT2D eigenvalue weighted by molar-refractivity contribution is 7.99. The van der Waals surface area contributed by atoms with Gasteiger partial charge in [-0.3, -0.25) is 0 Å². The lowest BCUT2D eigenvalue weighted by Gasteiger charge is -2.22. The third-order valence-electron chi connectivity index (χ3n) is 3.28. The molecule has 2 rings (SSSR count). The number of aliphatic hydroxyl groups is 1. The second-order valence-electron chi connectivity index (χ2n) is 4.66. The lowest BCUT2D eigenvalue weighted by molar-refractivity contribution is 0.203. The normalized spacial score (nSPS) is 19.2. The monoisotopic (exact) mass is 254 g/mol. The molecule has 1 unspecified atom stereocenters. The zero-order valence-electron chi connectivity index (χ0n) is 9.94. The highest BCUT2D eigenvalue weighted by Crippen LogP contribution is 2.31. The van der Waals surface area contributed by atoms with E-state index < -0.39 is 6.10 Å². The van der Waals surface area contributed by atoms with Crippen LogP contribution in [0.2, 0.25) is 0 Å². The molecule has 0 saturated heterocycles. The van der Waals surface area contributed by atoms with Gasteiger partial charge in [-0.15, -0.1) is 0 Å². The van der Waals surface area contributed by atoms with Crippen molar-refractivity contribution in [1.29, 1.82) is 0 Å². The molecule has 1 aromatic rings. The van der Waals surface area contributed by atoms with Gasteiger partial charge < -0.3 is 5.11 Å². The predicted octanol–water partition coefficient (Wildman–Crippen LogP) is 3.93. The number of thioether (sulfide) groups is 1. The van der Waals surface area contributed by atoms with E-state index in [-0.39, 0.29) is 5.82 Å². The Kier molecular flexibility index (Phi) is 4.86. The molecule has 0 aromatic heterocycles. The van der Waals surface area contributed by atoms with Crippen molar-refractivity contribution in [3.63, 3.8) is 0 Å². The van der Waals surface area contributed by atoms with Crippen LogP contribution < -0.4 is 0 Å². The van der Waals surface area contributed by atoms with E-state index in [1.54, 1.807) is 12.1 Å². The van der Waals surface area contributed by atoms with Crippen LogP contribution in [0.3, 0.4) is 0 Å². The van der Waals surface area contributed by atoms with E-state index in [1.165, 1.54) is 44.2 Å². The lowest BCUT2D eigenvalue weighted by Crippen LogP contribution is -2.11. The van der Waals surface area contributed by atoms with Crippen LogP contribution in [0.15, 0.2) is 24.3 Å². The number of halogens is 1. The minimum absolute atomic E-state index is 0.274. The molecule has 1 atom stereocenters. The quantitative estimate of drug-likeness (QED) is 0.878. The molecule has 0 radical (unpaired) electrons. The Hall–Kier alpha value is -0.540. The van der Waals surface area contributed by atoms with Gasteiger partial charge in [0.2, 0.25) is 0 Å². The van der Waals surface area contributed by atoms with Gasteiger partial charge in [0.15, 0.2) is 0 Å². The van der Waals surface area contributed by atoms with Crippen LogP contribution in [-0.4, -0.2) is 16.1 Å². The van der Waals surface area contributed by atoms with Gasteiger partial charge in [-0.1, -0.05) is 31.4 Å². The first-order valence-corrected chi connectivity index (χ1v) is 7.36. The molecule has 1 nitrogen and oxygen atoms in total. The molecule has 1 saturated carbocycles. The maximum atomic E-state index is 13.0. The molecule has 1 fully saturated rings. The fraction of sp³-hybridized carbons (Fsp3) is 0.571. The first-order valence-electron chi connectivity index (χ1n) is 6.31. The van der Waals surface area contributed by atoms with Gasteiger partial charge in [0.1, 0.15) is 5.82 Å². The molecule has 17 heavy (non-hydrogen) atoms. The molecule has 0 amide bonds. The molecule has 1 aliphatic rings. The van der Waals surface area contributed by atoms with Gasteiger partial charge in [0.25, 0.3) is 0 Å². The van der Waals surface area contributed by atoms with Gasteiger partial charge in [-0.05, 0) is 30.5 Å². The molecule has 3 heteroatoms. The van der Waals surface area contributed by atoms with Gasteiger partial charge in [0, 0.05) is 11.0 Å². The lowest BCUT2D eigenvalue weighted by atomic mass is 10.0. The van der Waals surface area contributed by atoms with Crippen molar-refractivity contribution < 1.29 is 9.50 Å². The Balaban J connectivity index is 1.82. The second kappa shape index (κ2) is 6.41. The van der Waals surface area contributed by atoms with Crippen LogP contribution in [0.4, 0.5) is 4.39 Å². The van der Waals surface area contributed by atoms with Gasteiger partial charge in [-0.25, -0.2) is 4.39 Å². The smallest absolute Gasteiger partial charge is 0.123 e. The van der Waals surface area contributed by atoms with Crippen molar-refractivity contribution >= 4 is 11.8 Å². The first-order chi connectivity index (χ1) is 8.25. The van der Waals surface area contributed by atoms with Crippen LogP contribution >= 0.6 is 11.8 Å². The third kappa shape index (κ3) is 4.00. The van der Waals surface area contributed by atoms with Crippen molar-refractivity contribution in [2.24, 2.45) is 0 Å². The standard InChI is InChI=1S/C14H19FOS/c15-12-6-4-5-11(9-12)14(16)10-17-13-7-2-1-3-8-13/h4-6,9,13-14,16H,1-3,7-8,10H2. The Morgan fingerprint density at radius 1 is 1.29 bits per heavy atom. The zero-order valence-corrected chi connectivity index (χ0v) is 10.8. The summed E-state index contributed by atoms with van der Waals surface area (Å²) in [5.74, 6) is 0.401. The molecule has 0 heterocycles. The third-order valence-corrected chi connectivity index (χ3v) is 4.73. The molecule has 0 bridgehead atoms. The van der Waals surface area contributed by atoms with Crippen LogP contribution in [0.5, 0.6) is 0 Å². The maximum Gasteiger partial charge on any atom is 0.123 e. The fourth-order valence-corrected chi connectivity index (χ4v) is 3.58. The summed E-state index contributed by atoms with van der Waals surface area (Å²) in [6.45, 7) is 0. The molecule has 0 aliphatic heterocycles. The molecule has 0 spiro atoms. The average molecular weight is 254 g/mol. The molecular weight excluding hydrogens is 235 g/mol. The highest BCUT2D eigenvalue weighted by Gasteiger charge is 2.16. The van der Waals surface area contributed by atoms with Crippen molar-refractivity contribution in [3.05, 3.63) is 35.6 Å². The zero-order chi connectivity index (χ0) is 12.1. The van der Waals surface area contributed by atoms with E-state index in [0.29, 0.717) is 16.6 Å². The Bertz CT molecular complexity index is 350. The highest BCUT2D eigenvalue weighted by atomic mass is 32.2. The SMILES string of the molecule is OC(CSC1CCCCC1)c1cccc(F)c1. The summed E-state index contributed by atoms with van der Waals surface area (Å²) in [5, 5.41) is 10.7. The summed E-state index contributed by atoms with van der Waals surface area (Å²) in [5.41, 5.74) is 0.688. The van der Waals surface area contributed by atoms with Crippen molar-refractivity contribution in [2.75, 3.05) is 5.75 Å². The van der Waals surface area contributed by atoms with E-state index in [1.807, 2.05) is 11.8 Å². The van der Waals surface area contributed by atoms with Gasteiger partial charge in [0.05, 0.1) is 6.10 Å². The summed E-state index contributed by atoms with van der Waals surface area (Å²) in [6, 6.07) is 6.27. The Labute approximate surface area is 106 Å². The summed E-state index contributed by atoms with van der Waals surface area (Å²) in [4.78, 5) is 0. The van der Waals surface area contributed by atoms with Crippen LogP contribution in [0, 0.1) is 5.82 Å². The Morgan fingerprint density at radius 3 is 2.76 bits per heavy atom. The molecule has 1 N–H and O–H groups in total. The minimum Gasteiger partial charge on any atom is -0.388 e. The summed E-state index contributed by atoms with van der Waals surface area (Å²) in [6.07, 6.45) is 5.96. The van der Waals surface area contributed by atoms with Crippen LogP contribution in [0.1, 0.15) is 43.8 Å². The van der Waals surface area contributed by atoms with E-state index in [0.717, 1.165) is 0 Å². The maximum absolute atomic E-state index is 13.0. The summed E-state index contributed by atoms with van der Waals surface area (Å²) < 4.78 is 13.0. The number of hydrogen-bond acceptors (Lipinski definition) is 2. The van der Waals surface area contributed by atoms with Gasteiger partial charge >= 0.3 is 0 Å². The number of hydrogen-bond donors (Lipinski definition) is 1. The predicted molar refractivity (Wildman–Crippen MR) is 70.7 cm³/mol. The minimum atomic E-state index is -0.544. The van der Waals surface area contributed by atoms with Crippen LogP contribution in [-0.2, 0) is 0 Å². The van der Waals surface area contributed by atoms with Crippen LogP contribution in [0.25, 0.3) is 0 Å². The Morgan fingerprint density at radius 2 is 2.06 bits per heavy atom. The summed E-state index contributed by atoms with van der Waals surface area (Å²) >= 11 is 1.83. The molecular formula is C14H19FOS. The van der Waals surface area contributed by atoms with E-state index in [4.69, 9.17) is 0 Å². The van der Waals surface area contributed by atoms with Crippen molar-refractivity contribution in [3.8, 4) is 0 Å². The van der Waals surface area contributed by atoms with E-state index >= 15 is 0 Å². The molecule has 94 valence electrons. The summed E-state index contributed by atoms with van der Waals surface area (Å²) in [7, 11) is 0. The van der Waals surface area contributed by atoms with Gasteiger partial charge in [-0.2, -0.15) is 11.8 Å². The fourth-order valence-electron chi connectivity index (χ4n) is 2.27. The average Bonchev–Trinajstić information content (AvgIpc) is 2.37. The first kappa shape index (κ1) is 12.9.